The zero-order chi connectivity index (χ0) is 11.1. The standard InChI is InChI=1S/C11H20N2O2/c1-11(10(14)15,9-2-3-9)13-5-4-8(6-12)7-13/h8-9H,2-7,12H2,1H3,(H,14,15). The normalized spacial score (nSPS) is 31.5. The molecule has 0 aromatic heterocycles. The minimum Gasteiger partial charge on any atom is -0.480 e. The Labute approximate surface area is 90.4 Å². The van der Waals surface area contributed by atoms with E-state index in [-0.39, 0.29) is 0 Å². The number of carboxylic acid groups (broad SMARTS) is 1. The van der Waals surface area contributed by atoms with Crippen LogP contribution in [0.5, 0.6) is 0 Å². The van der Waals surface area contributed by atoms with Crippen molar-refractivity contribution in [1.82, 2.24) is 4.90 Å². The van der Waals surface area contributed by atoms with Crippen LogP contribution in [0.2, 0.25) is 0 Å². The molecule has 0 radical (unpaired) electrons. The monoisotopic (exact) mass is 212 g/mol. The Kier molecular flexibility index (Phi) is 2.73. The summed E-state index contributed by atoms with van der Waals surface area (Å²) < 4.78 is 0. The highest BCUT2D eigenvalue weighted by atomic mass is 16.4. The summed E-state index contributed by atoms with van der Waals surface area (Å²) in [6.07, 6.45) is 3.17. The highest BCUT2D eigenvalue weighted by Crippen LogP contribution is 2.44. The van der Waals surface area contributed by atoms with E-state index in [1.807, 2.05) is 6.92 Å². The van der Waals surface area contributed by atoms with Crippen molar-refractivity contribution in [3.05, 3.63) is 0 Å². The van der Waals surface area contributed by atoms with Crippen LogP contribution < -0.4 is 5.73 Å². The first-order valence-electron chi connectivity index (χ1n) is 5.77. The van der Waals surface area contributed by atoms with Crippen molar-refractivity contribution in [2.75, 3.05) is 19.6 Å². The number of carbonyl (C=O) groups is 1. The molecule has 2 atom stereocenters. The number of rotatable bonds is 4. The number of nitrogens with zero attached hydrogens (tertiary/aromatic N) is 1. The molecule has 2 fully saturated rings. The maximum Gasteiger partial charge on any atom is 0.324 e. The Morgan fingerprint density at radius 1 is 1.53 bits per heavy atom. The molecule has 15 heavy (non-hydrogen) atoms. The molecule has 0 amide bonds. The molecule has 0 spiro atoms. The van der Waals surface area contributed by atoms with Crippen LogP contribution in [-0.2, 0) is 4.79 Å². The van der Waals surface area contributed by atoms with Gasteiger partial charge in [-0.15, -0.1) is 0 Å². The maximum absolute atomic E-state index is 11.4. The summed E-state index contributed by atoms with van der Waals surface area (Å²) in [5.41, 5.74) is 5.00. The van der Waals surface area contributed by atoms with Gasteiger partial charge in [0.25, 0.3) is 0 Å². The SMILES string of the molecule is CC(C(=O)O)(C1CC1)N1CCC(CN)C1. The molecule has 1 saturated carbocycles. The number of hydrogen-bond acceptors (Lipinski definition) is 3. The zero-order valence-electron chi connectivity index (χ0n) is 9.28. The van der Waals surface area contributed by atoms with E-state index in [9.17, 15) is 9.90 Å². The number of likely N-dealkylation sites (tertiary alicyclic amines) is 1. The summed E-state index contributed by atoms with van der Waals surface area (Å²) in [6, 6.07) is 0. The fraction of sp³-hybridized carbons (Fsp3) is 0.909. The molecule has 2 aliphatic rings. The van der Waals surface area contributed by atoms with Crippen LogP contribution in [0.4, 0.5) is 0 Å². The molecule has 2 unspecified atom stereocenters. The molecule has 3 N–H and O–H groups in total. The van der Waals surface area contributed by atoms with Crippen LogP contribution >= 0.6 is 0 Å². The van der Waals surface area contributed by atoms with Gasteiger partial charge in [0, 0.05) is 6.54 Å². The van der Waals surface area contributed by atoms with Crippen LogP contribution in [0.25, 0.3) is 0 Å². The predicted octanol–water partition coefficient (Wildman–Crippen LogP) is 0.520. The van der Waals surface area contributed by atoms with Crippen molar-refractivity contribution < 1.29 is 9.90 Å². The first-order valence-corrected chi connectivity index (χ1v) is 5.77. The van der Waals surface area contributed by atoms with Gasteiger partial charge >= 0.3 is 5.97 Å². The molecule has 0 aromatic rings. The summed E-state index contributed by atoms with van der Waals surface area (Å²) in [7, 11) is 0. The van der Waals surface area contributed by atoms with Crippen molar-refractivity contribution in [3.63, 3.8) is 0 Å². The lowest BCUT2D eigenvalue weighted by Gasteiger charge is -2.35. The van der Waals surface area contributed by atoms with E-state index in [2.05, 4.69) is 4.90 Å². The third-order valence-corrected chi connectivity index (χ3v) is 4.08. The van der Waals surface area contributed by atoms with Gasteiger partial charge in [-0.2, -0.15) is 0 Å². The third-order valence-electron chi connectivity index (χ3n) is 4.08. The lowest BCUT2D eigenvalue weighted by atomic mass is 9.94. The molecule has 2 rings (SSSR count). The average Bonchev–Trinajstić information content (AvgIpc) is 2.95. The van der Waals surface area contributed by atoms with E-state index < -0.39 is 11.5 Å². The molecule has 1 saturated heterocycles. The van der Waals surface area contributed by atoms with Crippen LogP contribution in [0, 0.1) is 11.8 Å². The number of aliphatic carboxylic acids is 1. The molecule has 4 nitrogen and oxygen atoms in total. The molecule has 1 aliphatic heterocycles. The highest BCUT2D eigenvalue weighted by Gasteiger charge is 2.52. The van der Waals surface area contributed by atoms with Crippen molar-refractivity contribution in [3.8, 4) is 0 Å². The van der Waals surface area contributed by atoms with E-state index in [1.54, 1.807) is 0 Å². The van der Waals surface area contributed by atoms with Crippen molar-refractivity contribution in [1.29, 1.82) is 0 Å². The van der Waals surface area contributed by atoms with Crippen molar-refractivity contribution in [2.24, 2.45) is 17.6 Å². The number of hydrogen-bond donors (Lipinski definition) is 2. The lowest BCUT2D eigenvalue weighted by Crippen LogP contribution is -2.53. The minimum atomic E-state index is -0.664. The molecule has 0 aromatic carbocycles. The van der Waals surface area contributed by atoms with E-state index in [0.717, 1.165) is 32.4 Å². The van der Waals surface area contributed by atoms with Crippen molar-refractivity contribution >= 4 is 5.97 Å². The summed E-state index contributed by atoms with van der Waals surface area (Å²) in [5, 5.41) is 9.39. The molecular weight excluding hydrogens is 192 g/mol. The Morgan fingerprint density at radius 3 is 2.60 bits per heavy atom. The van der Waals surface area contributed by atoms with Gasteiger partial charge in [-0.1, -0.05) is 0 Å². The van der Waals surface area contributed by atoms with E-state index >= 15 is 0 Å². The second kappa shape index (κ2) is 3.76. The van der Waals surface area contributed by atoms with Crippen LogP contribution in [0.15, 0.2) is 0 Å². The zero-order valence-corrected chi connectivity index (χ0v) is 9.28. The largest absolute Gasteiger partial charge is 0.480 e. The van der Waals surface area contributed by atoms with Gasteiger partial charge in [-0.3, -0.25) is 9.69 Å². The third kappa shape index (κ3) is 1.76. The molecule has 0 bridgehead atoms. The summed E-state index contributed by atoms with van der Waals surface area (Å²) in [6.45, 7) is 4.31. The molecule has 4 heteroatoms. The van der Waals surface area contributed by atoms with Crippen LogP contribution in [-0.4, -0.2) is 41.1 Å². The van der Waals surface area contributed by atoms with Gasteiger partial charge in [0.1, 0.15) is 5.54 Å². The van der Waals surface area contributed by atoms with Gasteiger partial charge < -0.3 is 10.8 Å². The Morgan fingerprint density at radius 2 is 2.20 bits per heavy atom. The second-order valence-electron chi connectivity index (χ2n) is 5.06. The first-order chi connectivity index (χ1) is 7.09. The quantitative estimate of drug-likeness (QED) is 0.713. The summed E-state index contributed by atoms with van der Waals surface area (Å²) >= 11 is 0. The molecular formula is C11H20N2O2. The smallest absolute Gasteiger partial charge is 0.324 e. The van der Waals surface area contributed by atoms with Gasteiger partial charge in [-0.25, -0.2) is 0 Å². The van der Waals surface area contributed by atoms with E-state index in [4.69, 9.17) is 5.73 Å². The van der Waals surface area contributed by atoms with Gasteiger partial charge in [0.15, 0.2) is 0 Å². The molecule has 1 heterocycles. The lowest BCUT2D eigenvalue weighted by molar-refractivity contribution is -0.151. The summed E-state index contributed by atoms with van der Waals surface area (Å²) in [4.78, 5) is 13.5. The number of carboxylic acids is 1. The Balaban J connectivity index is 2.09. The van der Waals surface area contributed by atoms with Crippen molar-refractivity contribution in [2.45, 2.75) is 31.7 Å². The Bertz CT molecular complexity index is 265. The maximum atomic E-state index is 11.4. The average molecular weight is 212 g/mol. The van der Waals surface area contributed by atoms with Gasteiger partial charge in [0.2, 0.25) is 0 Å². The van der Waals surface area contributed by atoms with Crippen LogP contribution in [0.3, 0.4) is 0 Å². The first kappa shape index (κ1) is 10.9. The predicted molar refractivity (Wildman–Crippen MR) is 57.5 cm³/mol. The highest BCUT2D eigenvalue weighted by molar-refractivity contribution is 5.79. The Hall–Kier alpha value is -0.610. The molecule has 1 aliphatic carbocycles. The van der Waals surface area contributed by atoms with Gasteiger partial charge in [0.05, 0.1) is 0 Å². The van der Waals surface area contributed by atoms with Gasteiger partial charge in [-0.05, 0) is 51.1 Å². The summed E-state index contributed by atoms with van der Waals surface area (Å²) in [5.74, 6) is 0.177. The van der Waals surface area contributed by atoms with Crippen LogP contribution in [0.1, 0.15) is 26.2 Å². The fourth-order valence-corrected chi connectivity index (χ4v) is 2.66. The van der Waals surface area contributed by atoms with E-state index in [0.29, 0.717) is 18.4 Å². The fourth-order valence-electron chi connectivity index (χ4n) is 2.66. The topological polar surface area (TPSA) is 66.6 Å². The minimum absolute atomic E-state index is 0.353. The van der Waals surface area contributed by atoms with E-state index in [1.165, 1.54) is 0 Å². The number of nitrogens with two attached hydrogens (primary N) is 1. The molecule has 86 valence electrons. The second-order valence-corrected chi connectivity index (χ2v) is 5.06.